The molecule has 0 aliphatic carbocycles. The molecule has 0 amide bonds. The van der Waals surface area contributed by atoms with Crippen molar-refractivity contribution in [2.75, 3.05) is 13.1 Å². The molecule has 1 aliphatic heterocycles. The van der Waals surface area contributed by atoms with Crippen LogP contribution in [0.5, 0.6) is 0 Å². The molecule has 1 N–H and O–H groups in total. The number of nitrogens with one attached hydrogen (secondary N) is 1. The summed E-state index contributed by atoms with van der Waals surface area (Å²) in [5.74, 6) is 0.862. The molecule has 2 nitrogen and oxygen atoms in total. The van der Waals surface area contributed by atoms with E-state index in [1.807, 2.05) is 24.3 Å². The summed E-state index contributed by atoms with van der Waals surface area (Å²) in [5.41, 5.74) is 1.01. The normalized spacial score (nSPS) is 16.1. The highest BCUT2D eigenvalue weighted by atomic mass is 35.5. The Morgan fingerprint density at radius 2 is 2.27 bits per heavy atom. The van der Waals surface area contributed by atoms with E-state index in [9.17, 15) is 4.79 Å². The second kappa shape index (κ2) is 4.77. The van der Waals surface area contributed by atoms with E-state index in [0.29, 0.717) is 29.6 Å². The smallest absolute Gasteiger partial charge is 0.137 e. The van der Waals surface area contributed by atoms with Gasteiger partial charge in [0.15, 0.2) is 0 Å². The molecule has 0 bridgehead atoms. The monoisotopic (exact) mass is 223 g/mol. The summed E-state index contributed by atoms with van der Waals surface area (Å²) < 4.78 is 0. The van der Waals surface area contributed by atoms with Gasteiger partial charge in [0.25, 0.3) is 0 Å². The first kappa shape index (κ1) is 10.7. The first-order chi connectivity index (χ1) is 7.24. The van der Waals surface area contributed by atoms with Crippen molar-refractivity contribution < 1.29 is 4.79 Å². The lowest BCUT2D eigenvalue weighted by molar-refractivity contribution is -0.119. The fourth-order valence-electron chi connectivity index (χ4n) is 1.76. The van der Waals surface area contributed by atoms with E-state index in [2.05, 4.69) is 5.32 Å². The molecule has 0 atom stereocenters. The maximum atomic E-state index is 11.7. The highest BCUT2D eigenvalue weighted by molar-refractivity contribution is 6.30. The van der Waals surface area contributed by atoms with Crippen LogP contribution in [0.4, 0.5) is 0 Å². The number of carbonyl (C=O) groups is 1. The molecule has 1 heterocycles. The van der Waals surface area contributed by atoms with E-state index >= 15 is 0 Å². The van der Waals surface area contributed by atoms with Crippen LogP contribution in [0.15, 0.2) is 24.3 Å². The lowest BCUT2D eigenvalue weighted by Crippen LogP contribution is -2.43. The van der Waals surface area contributed by atoms with Gasteiger partial charge in [-0.1, -0.05) is 23.7 Å². The van der Waals surface area contributed by atoms with E-state index < -0.39 is 0 Å². The summed E-state index contributed by atoms with van der Waals surface area (Å²) in [4.78, 5) is 11.7. The zero-order valence-corrected chi connectivity index (χ0v) is 9.26. The first-order valence-corrected chi connectivity index (χ1v) is 5.58. The molecule has 80 valence electrons. The zero-order chi connectivity index (χ0) is 10.7. The standard InChI is InChI=1S/C12H14ClNO/c13-11-3-1-2-9(4-11)5-12(15)6-10-7-14-8-10/h1-4,10,14H,5-8H2. The van der Waals surface area contributed by atoms with Crippen molar-refractivity contribution in [2.45, 2.75) is 12.8 Å². The predicted octanol–water partition coefficient (Wildman–Crippen LogP) is 2.06. The Balaban J connectivity index is 1.87. The van der Waals surface area contributed by atoms with Gasteiger partial charge in [0.2, 0.25) is 0 Å². The van der Waals surface area contributed by atoms with Gasteiger partial charge in [-0.2, -0.15) is 0 Å². The van der Waals surface area contributed by atoms with Crippen LogP contribution in [0.3, 0.4) is 0 Å². The molecule has 1 aliphatic rings. The second-order valence-corrected chi connectivity index (χ2v) is 4.51. The number of hydrogen-bond acceptors (Lipinski definition) is 2. The van der Waals surface area contributed by atoms with E-state index in [4.69, 9.17) is 11.6 Å². The van der Waals surface area contributed by atoms with Gasteiger partial charge in [-0.05, 0) is 36.7 Å². The SMILES string of the molecule is O=C(Cc1cccc(Cl)c1)CC1CNC1. The average Bonchev–Trinajstić information content (AvgIpc) is 2.11. The van der Waals surface area contributed by atoms with Crippen molar-refractivity contribution in [1.82, 2.24) is 5.32 Å². The Labute approximate surface area is 94.6 Å². The molecule has 3 heteroatoms. The zero-order valence-electron chi connectivity index (χ0n) is 8.50. The molecule has 1 fully saturated rings. The largest absolute Gasteiger partial charge is 0.316 e. The summed E-state index contributed by atoms with van der Waals surface area (Å²) in [5, 5.41) is 3.87. The Hall–Kier alpha value is -0.860. The Bertz CT molecular complexity index is 360. The Kier molecular flexibility index (Phi) is 3.39. The number of carbonyl (C=O) groups excluding carboxylic acids is 1. The van der Waals surface area contributed by atoms with Gasteiger partial charge < -0.3 is 5.32 Å². The van der Waals surface area contributed by atoms with Crippen molar-refractivity contribution in [1.29, 1.82) is 0 Å². The quantitative estimate of drug-likeness (QED) is 0.847. The van der Waals surface area contributed by atoms with Crippen LogP contribution in [-0.2, 0) is 11.2 Å². The van der Waals surface area contributed by atoms with E-state index in [1.54, 1.807) is 0 Å². The topological polar surface area (TPSA) is 29.1 Å². The third-order valence-corrected chi connectivity index (χ3v) is 2.91. The summed E-state index contributed by atoms with van der Waals surface area (Å²) in [6.07, 6.45) is 1.20. The lowest BCUT2D eigenvalue weighted by atomic mass is 9.94. The number of halogens is 1. The van der Waals surface area contributed by atoms with Crippen molar-refractivity contribution in [2.24, 2.45) is 5.92 Å². The molecule has 15 heavy (non-hydrogen) atoms. The van der Waals surface area contributed by atoms with Gasteiger partial charge in [0.1, 0.15) is 5.78 Å². The first-order valence-electron chi connectivity index (χ1n) is 5.21. The van der Waals surface area contributed by atoms with Crippen molar-refractivity contribution in [3.05, 3.63) is 34.9 Å². The van der Waals surface area contributed by atoms with Crippen LogP contribution in [0, 0.1) is 5.92 Å². The molecule has 0 unspecified atom stereocenters. The van der Waals surface area contributed by atoms with Gasteiger partial charge in [-0.25, -0.2) is 0 Å². The number of rotatable bonds is 4. The molecule has 0 saturated carbocycles. The Morgan fingerprint density at radius 1 is 1.47 bits per heavy atom. The van der Waals surface area contributed by atoms with E-state index in [1.165, 1.54) is 0 Å². The van der Waals surface area contributed by atoms with Crippen LogP contribution in [0.25, 0.3) is 0 Å². The van der Waals surface area contributed by atoms with E-state index in [-0.39, 0.29) is 0 Å². The maximum Gasteiger partial charge on any atom is 0.137 e. The Morgan fingerprint density at radius 3 is 2.87 bits per heavy atom. The second-order valence-electron chi connectivity index (χ2n) is 4.07. The number of ketones is 1. The highest BCUT2D eigenvalue weighted by Crippen LogP contribution is 2.14. The van der Waals surface area contributed by atoms with Crippen molar-refractivity contribution in [3.63, 3.8) is 0 Å². The third kappa shape index (κ3) is 3.05. The highest BCUT2D eigenvalue weighted by Gasteiger charge is 2.19. The number of benzene rings is 1. The molecular formula is C12H14ClNO. The summed E-state index contributed by atoms with van der Waals surface area (Å²) in [7, 11) is 0. The predicted molar refractivity (Wildman–Crippen MR) is 61.1 cm³/mol. The molecule has 0 radical (unpaired) electrons. The fraction of sp³-hybridized carbons (Fsp3) is 0.417. The number of hydrogen-bond donors (Lipinski definition) is 1. The van der Waals surface area contributed by atoms with E-state index in [0.717, 1.165) is 18.7 Å². The van der Waals surface area contributed by atoms with Crippen molar-refractivity contribution in [3.8, 4) is 0 Å². The van der Waals surface area contributed by atoms with Gasteiger partial charge >= 0.3 is 0 Å². The lowest BCUT2D eigenvalue weighted by Gasteiger charge is -2.26. The van der Waals surface area contributed by atoms with Gasteiger partial charge in [-0.15, -0.1) is 0 Å². The number of Topliss-reactive ketones (excluding diaryl/α,β-unsaturated/α-hetero) is 1. The van der Waals surface area contributed by atoms with Crippen LogP contribution < -0.4 is 5.32 Å². The fourth-order valence-corrected chi connectivity index (χ4v) is 1.97. The van der Waals surface area contributed by atoms with Gasteiger partial charge in [-0.3, -0.25) is 4.79 Å². The van der Waals surface area contributed by atoms with Crippen LogP contribution in [0.1, 0.15) is 12.0 Å². The minimum atomic E-state index is 0.309. The van der Waals surface area contributed by atoms with Gasteiger partial charge in [0, 0.05) is 17.9 Å². The third-order valence-electron chi connectivity index (χ3n) is 2.67. The minimum Gasteiger partial charge on any atom is -0.316 e. The maximum absolute atomic E-state index is 11.7. The van der Waals surface area contributed by atoms with Gasteiger partial charge in [0.05, 0.1) is 0 Å². The molecule has 1 aromatic rings. The molecular weight excluding hydrogens is 210 g/mol. The minimum absolute atomic E-state index is 0.309. The van der Waals surface area contributed by atoms with Crippen LogP contribution in [0.2, 0.25) is 5.02 Å². The molecule has 2 rings (SSSR count). The molecule has 1 saturated heterocycles. The van der Waals surface area contributed by atoms with Crippen LogP contribution in [-0.4, -0.2) is 18.9 Å². The average molecular weight is 224 g/mol. The van der Waals surface area contributed by atoms with Crippen molar-refractivity contribution >= 4 is 17.4 Å². The summed E-state index contributed by atoms with van der Waals surface area (Å²) in [6.45, 7) is 1.97. The molecule has 0 spiro atoms. The summed E-state index contributed by atoms with van der Waals surface area (Å²) in [6, 6.07) is 7.52. The molecule has 0 aromatic heterocycles. The van der Waals surface area contributed by atoms with Crippen LogP contribution >= 0.6 is 11.6 Å². The molecule has 1 aromatic carbocycles. The summed E-state index contributed by atoms with van der Waals surface area (Å²) >= 11 is 5.85.